The Hall–Kier alpha value is -2.50. The van der Waals surface area contributed by atoms with Crippen LogP contribution < -0.4 is 4.90 Å². The highest BCUT2D eigenvalue weighted by atomic mass is 19.1. The van der Waals surface area contributed by atoms with Crippen molar-refractivity contribution in [3.05, 3.63) is 52.7 Å². The molecular weight excluding hydrogens is 403 g/mol. The molecule has 1 aliphatic rings. The monoisotopic (exact) mass is 440 g/mol. The first-order valence-corrected chi connectivity index (χ1v) is 12.0. The van der Waals surface area contributed by atoms with Crippen LogP contribution in [0.15, 0.2) is 24.3 Å². The van der Waals surface area contributed by atoms with Crippen LogP contribution in [0.1, 0.15) is 76.0 Å². The fourth-order valence-corrected chi connectivity index (χ4v) is 4.15. The largest absolute Gasteiger partial charge is 0.353 e. The second-order valence-electron chi connectivity index (χ2n) is 9.23. The van der Waals surface area contributed by atoms with Gasteiger partial charge in [-0.25, -0.2) is 14.4 Å². The van der Waals surface area contributed by atoms with Gasteiger partial charge in [0.15, 0.2) is 0 Å². The summed E-state index contributed by atoms with van der Waals surface area (Å²) in [4.78, 5) is 26.7. The molecular formula is C26H37FN4O. The number of aryl methyl sites for hydroxylation is 1. The Morgan fingerprint density at radius 3 is 2.34 bits per heavy atom. The predicted molar refractivity (Wildman–Crippen MR) is 128 cm³/mol. The van der Waals surface area contributed by atoms with Crippen LogP contribution in [0.25, 0.3) is 0 Å². The van der Waals surface area contributed by atoms with Gasteiger partial charge < -0.3 is 9.80 Å². The Kier molecular flexibility index (Phi) is 8.21. The smallest absolute Gasteiger partial charge is 0.222 e. The van der Waals surface area contributed by atoms with Gasteiger partial charge in [0.25, 0.3) is 0 Å². The zero-order valence-electron chi connectivity index (χ0n) is 20.2. The maximum Gasteiger partial charge on any atom is 0.222 e. The van der Waals surface area contributed by atoms with Crippen molar-refractivity contribution in [2.45, 2.75) is 66.2 Å². The highest BCUT2D eigenvalue weighted by Crippen LogP contribution is 2.29. The van der Waals surface area contributed by atoms with Crippen LogP contribution in [0.2, 0.25) is 0 Å². The van der Waals surface area contributed by atoms with Gasteiger partial charge in [0.2, 0.25) is 5.91 Å². The Morgan fingerprint density at radius 1 is 1.06 bits per heavy atom. The summed E-state index contributed by atoms with van der Waals surface area (Å²) in [5.41, 5.74) is 2.66. The zero-order valence-corrected chi connectivity index (χ0v) is 20.2. The van der Waals surface area contributed by atoms with E-state index in [1.54, 1.807) is 6.07 Å². The first-order valence-electron chi connectivity index (χ1n) is 12.0. The van der Waals surface area contributed by atoms with E-state index in [0.717, 1.165) is 48.8 Å². The van der Waals surface area contributed by atoms with Crippen LogP contribution in [-0.2, 0) is 17.6 Å². The van der Waals surface area contributed by atoms with Gasteiger partial charge in [-0.15, -0.1) is 0 Å². The molecule has 0 radical (unpaired) electrons. The average Bonchev–Trinajstić information content (AvgIpc) is 2.79. The van der Waals surface area contributed by atoms with E-state index in [-0.39, 0.29) is 17.6 Å². The molecule has 1 fully saturated rings. The summed E-state index contributed by atoms with van der Waals surface area (Å²) < 4.78 is 14.5. The third-order valence-corrected chi connectivity index (χ3v) is 6.32. The van der Waals surface area contributed by atoms with Crippen molar-refractivity contribution in [2.75, 3.05) is 31.1 Å². The molecule has 174 valence electrons. The number of nitrogens with zero attached hydrogens (tertiary/aromatic N) is 4. The van der Waals surface area contributed by atoms with Gasteiger partial charge in [-0.2, -0.15) is 0 Å². The van der Waals surface area contributed by atoms with E-state index in [0.29, 0.717) is 37.4 Å². The fourth-order valence-electron chi connectivity index (χ4n) is 4.15. The first-order chi connectivity index (χ1) is 15.3. The second kappa shape index (κ2) is 10.9. The van der Waals surface area contributed by atoms with Crippen molar-refractivity contribution in [3.8, 4) is 0 Å². The number of carbonyl (C=O) groups is 1. The molecule has 1 aliphatic heterocycles. The summed E-state index contributed by atoms with van der Waals surface area (Å²) in [6.07, 6.45) is 2.80. The Labute approximate surface area is 192 Å². The number of hydrogen-bond acceptors (Lipinski definition) is 4. The molecule has 2 heterocycles. The molecule has 3 rings (SSSR count). The lowest BCUT2D eigenvalue weighted by atomic mass is 10.00. The van der Waals surface area contributed by atoms with Crippen LogP contribution in [0.4, 0.5) is 10.2 Å². The summed E-state index contributed by atoms with van der Waals surface area (Å²) >= 11 is 0. The number of amides is 1. The van der Waals surface area contributed by atoms with Gasteiger partial charge in [-0.05, 0) is 30.4 Å². The van der Waals surface area contributed by atoms with Crippen molar-refractivity contribution in [2.24, 2.45) is 5.92 Å². The Balaban J connectivity index is 1.94. The highest BCUT2D eigenvalue weighted by Gasteiger charge is 2.26. The van der Waals surface area contributed by atoms with E-state index in [9.17, 15) is 9.18 Å². The van der Waals surface area contributed by atoms with E-state index >= 15 is 0 Å². The number of anilines is 1. The third-order valence-electron chi connectivity index (χ3n) is 6.32. The fraction of sp³-hybridized carbons (Fsp3) is 0.577. The van der Waals surface area contributed by atoms with Gasteiger partial charge in [-0.1, -0.05) is 52.8 Å². The number of aromatic nitrogens is 2. The van der Waals surface area contributed by atoms with Crippen LogP contribution in [-0.4, -0.2) is 47.0 Å². The number of benzene rings is 1. The van der Waals surface area contributed by atoms with E-state index in [4.69, 9.17) is 9.97 Å². The molecule has 1 aromatic heterocycles. The van der Waals surface area contributed by atoms with Crippen LogP contribution in [0.3, 0.4) is 0 Å². The Bertz CT molecular complexity index is 922. The molecule has 0 spiro atoms. The van der Waals surface area contributed by atoms with Crippen molar-refractivity contribution >= 4 is 11.7 Å². The summed E-state index contributed by atoms with van der Waals surface area (Å²) in [5, 5.41) is 0. The number of rotatable bonds is 8. The summed E-state index contributed by atoms with van der Waals surface area (Å²) in [7, 11) is 0. The van der Waals surface area contributed by atoms with Crippen LogP contribution >= 0.6 is 0 Å². The van der Waals surface area contributed by atoms with Crippen molar-refractivity contribution in [1.82, 2.24) is 14.9 Å². The molecule has 0 unspecified atom stereocenters. The lowest BCUT2D eigenvalue weighted by molar-refractivity contribution is -0.132. The molecule has 0 saturated carbocycles. The highest BCUT2D eigenvalue weighted by molar-refractivity contribution is 5.76. The first kappa shape index (κ1) is 24.1. The number of hydrogen-bond donors (Lipinski definition) is 0. The number of carbonyl (C=O) groups excluding carboxylic acids is 1. The second-order valence-corrected chi connectivity index (χ2v) is 9.23. The molecule has 1 amide bonds. The molecule has 1 aromatic carbocycles. The molecule has 6 heteroatoms. The minimum atomic E-state index is -0.199. The lowest BCUT2D eigenvalue weighted by Crippen LogP contribution is -2.49. The molecule has 1 atom stereocenters. The van der Waals surface area contributed by atoms with Gasteiger partial charge >= 0.3 is 0 Å². The molecule has 32 heavy (non-hydrogen) atoms. The van der Waals surface area contributed by atoms with E-state index < -0.39 is 0 Å². The van der Waals surface area contributed by atoms with Crippen molar-refractivity contribution < 1.29 is 9.18 Å². The van der Waals surface area contributed by atoms with Crippen molar-refractivity contribution in [1.29, 1.82) is 0 Å². The molecule has 5 nitrogen and oxygen atoms in total. The van der Waals surface area contributed by atoms with Gasteiger partial charge in [-0.3, -0.25) is 4.79 Å². The minimum Gasteiger partial charge on any atom is -0.353 e. The standard InChI is InChI=1S/C26H37FN4O/c1-6-19(5)25-28-23(7-2)21(17-20-10-8-9-11-22(20)27)26(29-25)31-14-12-30(13-15-31)24(32)16-18(3)4/h8-11,18-19H,6-7,12-17H2,1-5H3/t19-/m0/s1. The molecule has 2 aromatic rings. The molecule has 0 N–H and O–H groups in total. The zero-order chi connectivity index (χ0) is 23.3. The molecule has 0 aliphatic carbocycles. The normalized spacial score (nSPS) is 15.3. The average molecular weight is 441 g/mol. The lowest BCUT2D eigenvalue weighted by Gasteiger charge is -2.37. The third kappa shape index (κ3) is 5.64. The molecule has 0 bridgehead atoms. The minimum absolute atomic E-state index is 0.199. The maximum atomic E-state index is 14.5. The molecule has 1 saturated heterocycles. The van der Waals surface area contributed by atoms with Crippen molar-refractivity contribution in [3.63, 3.8) is 0 Å². The predicted octanol–water partition coefficient (Wildman–Crippen LogP) is 4.98. The van der Waals surface area contributed by atoms with Gasteiger partial charge in [0.1, 0.15) is 17.5 Å². The van der Waals surface area contributed by atoms with E-state index in [1.165, 1.54) is 6.07 Å². The van der Waals surface area contributed by atoms with Gasteiger partial charge in [0, 0.05) is 56.2 Å². The summed E-state index contributed by atoms with van der Waals surface area (Å²) in [5.74, 6) is 2.41. The number of piperazine rings is 1. The maximum absolute atomic E-state index is 14.5. The van der Waals surface area contributed by atoms with E-state index in [2.05, 4.69) is 39.5 Å². The van der Waals surface area contributed by atoms with Crippen LogP contribution in [0.5, 0.6) is 0 Å². The van der Waals surface area contributed by atoms with Crippen LogP contribution in [0, 0.1) is 11.7 Å². The van der Waals surface area contributed by atoms with Gasteiger partial charge in [0.05, 0.1) is 0 Å². The SMILES string of the molecule is CCc1nc([C@@H](C)CC)nc(N2CCN(C(=O)CC(C)C)CC2)c1Cc1ccccc1F. The van der Waals surface area contributed by atoms with E-state index in [1.807, 2.05) is 17.0 Å². The topological polar surface area (TPSA) is 49.3 Å². The summed E-state index contributed by atoms with van der Waals surface area (Å²) in [6.45, 7) is 13.4. The Morgan fingerprint density at radius 2 is 1.75 bits per heavy atom. The quantitative estimate of drug-likeness (QED) is 0.581. The summed E-state index contributed by atoms with van der Waals surface area (Å²) in [6, 6.07) is 6.94. The number of halogens is 1.